The lowest BCUT2D eigenvalue weighted by molar-refractivity contribution is -0.142. The van der Waals surface area contributed by atoms with Gasteiger partial charge < -0.3 is 116 Å². The standard InChI is InChI=1S/C87H114N28O19/c88-85(89)95-24-8-17-62(102-80(129)66(38-56-42-93-49-99-56)101-71(117)44-111-27-29-112(45-72(118)119)31-33-114(47-74(122)123)34-32-113(30-28-111)46-73(120)121)76(125)105-65(37-55-41-98-61-16-7-5-14-59(55)61)79(128)108-69(48-116)82(131)106-67(39-57-43-94-50-100-57)81(130)103-63(18-9-25-96-86(90)91)77(126)104-64(36-54-40-97-60-15-6-4-13-58(54)60)78(127)107-68(84(133)115-26-10-19-70(115)83(132)109-110-87(92)134)35-51-20-22-53(23-21-51)75(124)52-11-2-1-3-12-52/h1-7,11-16,20-23,40-43,49-50,62-70,97-98,116H,8-10,17-19,24-39,44-48H2,(H,93,99)(H,94,100)(H,101,117)(H,102,129)(H,103,130)(H,104,126)(H,105,125)(H,106,131)(H,107,127)(H,108,128)(H,109,132)(H,118,119)(H,120,121)(H,122,123)(H4,88,89,95)(H4,90,91,96)(H3,92,110,134)/t62-,63+,64-,65-,66-,67-,68-,69-,70-/m0/s1. The minimum Gasteiger partial charge on any atom is -0.480 e. The van der Waals surface area contributed by atoms with E-state index in [0.29, 0.717) is 61.7 Å². The van der Waals surface area contributed by atoms with E-state index in [1.54, 1.807) is 135 Å². The summed E-state index contributed by atoms with van der Waals surface area (Å²) in [5.74, 6) is -14.1. The number of hydrogen-bond acceptors (Lipinski definition) is 24. The second-order valence-electron chi connectivity index (χ2n) is 32.4. The Balaban J connectivity index is 0.900. The van der Waals surface area contributed by atoms with Gasteiger partial charge in [-0.15, -0.1) is 0 Å². The molecule has 0 radical (unpaired) electrons. The number of guanidine groups is 2. The number of carbonyl (C=O) groups excluding carboxylic acids is 12. The molecule has 8 aromatic rings. The normalized spacial score (nSPS) is 15.9. The third-order valence-electron chi connectivity index (χ3n) is 22.6. The van der Waals surface area contributed by atoms with E-state index in [1.165, 1.54) is 29.9 Å². The number of carboxylic acid groups (broad SMARTS) is 3. The summed E-state index contributed by atoms with van der Waals surface area (Å²) >= 11 is 0. The number of benzene rings is 4. The Hall–Kier alpha value is -15.2. The smallest absolute Gasteiger partial charge is 0.330 e. The van der Waals surface area contributed by atoms with Crippen LogP contribution in [0.1, 0.15) is 82.5 Å². The Kier molecular flexibility index (Phi) is 37.8. The van der Waals surface area contributed by atoms with E-state index in [4.69, 9.17) is 28.0 Å². The number of aromatic nitrogens is 6. The molecule has 47 heteroatoms. The van der Waals surface area contributed by atoms with Crippen LogP contribution in [0, 0.1) is 10.8 Å². The summed E-state index contributed by atoms with van der Waals surface area (Å²) in [7, 11) is 0. The minimum atomic E-state index is -1.95. The maximum Gasteiger partial charge on any atom is 0.330 e. The molecule has 134 heavy (non-hydrogen) atoms. The number of hydrogen-bond donors (Lipinski definition) is 25. The fraction of sp³-hybridized carbons (Fsp3) is 0.414. The number of amides is 12. The van der Waals surface area contributed by atoms with Gasteiger partial charge in [0.1, 0.15) is 54.4 Å². The molecular formula is C87H114N28O19. The number of para-hydroxylation sites is 2. The number of rotatable bonds is 46. The van der Waals surface area contributed by atoms with Gasteiger partial charge in [-0.1, -0.05) is 91.0 Å². The van der Waals surface area contributed by atoms with E-state index in [9.17, 15) is 58.8 Å². The highest BCUT2D eigenvalue weighted by Gasteiger charge is 2.41. The number of primary amides is 1. The van der Waals surface area contributed by atoms with Crippen LogP contribution in [-0.4, -0.2) is 335 Å². The van der Waals surface area contributed by atoms with Gasteiger partial charge in [0.25, 0.3) is 5.91 Å². The van der Waals surface area contributed by atoms with Crippen molar-refractivity contribution in [2.75, 3.05) is 105 Å². The van der Waals surface area contributed by atoms with Crippen LogP contribution in [0.2, 0.25) is 0 Å². The number of nitrogens with one attached hydrogen (secondary N) is 18. The number of carbonyl (C=O) groups is 15. The van der Waals surface area contributed by atoms with E-state index >= 15 is 33.6 Å². The van der Waals surface area contributed by atoms with Crippen molar-refractivity contribution in [1.29, 1.82) is 10.8 Å². The summed E-state index contributed by atoms with van der Waals surface area (Å²) in [5.41, 5.74) is 24.8. The molecule has 2 aliphatic heterocycles. The SMILES string of the molecule is N=C(N)NCCC[C@H](NC(=O)[C@H](Cc1cnc[nH]1)NC(=O)CN1CCN(CC(=O)O)CCN(CC(=O)O)CCN(CC(=O)O)CC1)C(=O)N[C@@H](Cc1c[nH]c2ccccc12)C(=O)N[C@@H](CO)C(=O)N[C@@H](Cc1cnc[nH]1)C(=O)N[C@H](CCCNC(=N)N)C(=O)N[C@@H](Cc1c[nH]c2ccccc12)C(=O)N[C@@H](Cc1ccc(C(=O)c2ccccc2)cc1)C(=O)N1CCC[C@H]1C(=O)NNC(N)=O. The molecule has 4 aromatic carbocycles. The largest absolute Gasteiger partial charge is 0.480 e. The first kappa shape index (κ1) is 101. The van der Waals surface area contributed by atoms with E-state index in [-0.39, 0.29) is 141 Å². The predicted octanol–water partition coefficient (Wildman–Crippen LogP) is -4.60. The topological polar surface area (TPSA) is 712 Å². The van der Waals surface area contributed by atoms with E-state index in [1.807, 2.05) is 5.43 Å². The van der Waals surface area contributed by atoms with Gasteiger partial charge in [-0.3, -0.25) is 103 Å². The van der Waals surface area contributed by atoms with Crippen LogP contribution in [-0.2, 0) is 94.4 Å². The van der Waals surface area contributed by atoms with Crippen LogP contribution in [0.15, 0.2) is 141 Å². The maximum absolute atomic E-state index is 15.5. The number of imidazole rings is 2. The number of nitrogens with two attached hydrogens (primary N) is 3. The second-order valence-corrected chi connectivity index (χ2v) is 32.4. The second kappa shape index (κ2) is 50.2. The number of H-pyrrole nitrogens is 4. The average Bonchev–Trinajstić information content (AvgIpc) is 1.56. The molecule has 0 spiro atoms. The lowest BCUT2D eigenvalue weighted by atomic mass is 9.98. The molecule has 4 aromatic heterocycles. The molecule has 10 rings (SSSR count). The summed E-state index contributed by atoms with van der Waals surface area (Å²) in [4.78, 5) is 239. The number of aliphatic hydroxyl groups excluding tert-OH is 1. The quantitative estimate of drug-likeness (QED) is 0.00561. The predicted molar refractivity (Wildman–Crippen MR) is 484 cm³/mol. The third kappa shape index (κ3) is 31.3. The van der Waals surface area contributed by atoms with Crippen LogP contribution in [0.4, 0.5) is 4.79 Å². The molecule has 2 saturated heterocycles. The fourth-order valence-electron chi connectivity index (χ4n) is 15.7. The highest BCUT2D eigenvalue weighted by atomic mass is 16.4. The molecule has 716 valence electrons. The van der Waals surface area contributed by atoms with Gasteiger partial charge in [-0.25, -0.2) is 20.2 Å². The minimum absolute atomic E-state index is 0.00627. The number of fused-ring (bicyclic) bond motifs is 2. The number of aliphatic carboxylic acids is 3. The monoisotopic (exact) mass is 1850 g/mol. The summed E-state index contributed by atoms with van der Waals surface area (Å²) in [6, 6.07) is 13.4. The molecule has 0 saturated carbocycles. The van der Waals surface area contributed by atoms with Gasteiger partial charge in [0.2, 0.25) is 53.2 Å². The zero-order valence-corrected chi connectivity index (χ0v) is 73.3. The summed E-state index contributed by atoms with van der Waals surface area (Å²) in [6.45, 7) is -2.29. The van der Waals surface area contributed by atoms with Crippen LogP contribution in [0.25, 0.3) is 21.8 Å². The Morgan fingerprint density at radius 1 is 0.425 bits per heavy atom. The zero-order valence-electron chi connectivity index (χ0n) is 73.3. The van der Waals surface area contributed by atoms with Gasteiger partial charge in [0.15, 0.2) is 17.7 Å². The van der Waals surface area contributed by atoms with Crippen LogP contribution < -0.4 is 81.2 Å². The van der Waals surface area contributed by atoms with Crippen molar-refractivity contribution in [3.05, 3.63) is 180 Å². The van der Waals surface area contributed by atoms with Gasteiger partial charge in [-0.05, 0) is 67.3 Å². The Labute approximate surface area is 767 Å². The first-order chi connectivity index (χ1) is 64.3. The van der Waals surface area contributed by atoms with E-state index in [2.05, 4.69) is 88.5 Å². The average molecular weight is 1860 g/mol. The van der Waals surface area contributed by atoms with E-state index in [0.717, 1.165) is 0 Å². The van der Waals surface area contributed by atoms with Crippen LogP contribution >= 0.6 is 0 Å². The molecule has 12 amide bonds. The molecule has 6 heterocycles. The first-order valence-electron chi connectivity index (χ1n) is 43.5. The molecule has 47 nitrogen and oxygen atoms in total. The summed E-state index contributed by atoms with van der Waals surface area (Å²) in [6.07, 6.45) is 7.05. The Morgan fingerprint density at radius 2 is 0.813 bits per heavy atom. The number of ketones is 1. The number of nitrogens with zero attached hydrogens (tertiary/aromatic N) is 7. The van der Waals surface area contributed by atoms with Crippen LogP contribution in [0.5, 0.6) is 0 Å². The maximum atomic E-state index is 15.5. The van der Waals surface area contributed by atoms with Crippen LogP contribution in [0.3, 0.4) is 0 Å². The highest BCUT2D eigenvalue weighted by Crippen LogP contribution is 2.25. The zero-order chi connectivity index (χ0) is 96.3. The van der Waals surface area contributed by atoms with Crippen molar-refractivity contribution in [3.8, 4) is 0 Å². The van der Waals surface area contributed by atoms with Crippen molar-refractivity contribution >= 4 is 123 Å². The lowest BCUT2D eigenvalue weighted by Gasteiger charge is -2.33. The molecule has 9 atom stereocenters. The number of aromatic amines is 4. The number of urea groups is 1. The third-order valence-corrected chi connectivity index (χ3v) is 22.6. The van der Waals surface area contributed by atoms with Crippen molar-refractivity contribution < 1.29 is 92.3 Å². The highest BCUT2D eigenvalue weighted by molar-refractivity contribution is 6.09. The first-order valence-corrected chi connectivity index (χ1v) is 43.5. The van der Waals surface area contributed by atoms with Crippen molar-refractivity contribution in [2.24, 2.45) is 17.2 Å². The van der Waals surface area contributed by atoms with Crippen molar-refractivity contribution in [1.82, 2.24) is 118 Å². The number of carboxylic acids is 3. The summed E-state index contributed by atoms with van der Waals surface area (Å²) < 4.78 is 0. The molecule has 2 fully saturated rings. The molecule has 28 N–H and O–H groups in total. The lowest BCUT2D eigenvalue weighted by Crippen LogP contribution is -2.62. The molecule has 0 unspecified atom stereocenters. The van der Waals surface area contributed by atoms with Gasteiger partial charge in [0.05, 0.1) is 45.4 Å². The number of aliphatic hydroxyl groups is 1. The van der Waals surface area contributed by atoms with E-state index < -0.39 is 189 Å². The van der Waals surface area contributed by atoms with Gasteiger partial charge in [-0.2, -0.15) is 0 Å². The Bertz CT molecular complexity index is 5370. The molecule has 0 bridgehead atoms. The fourth-order valence-corrected chi connectivity index (χ4v) is 15.7. The van der Waals surface area contributed by atoms with Crippen molar-refractivity contribution in [2.45, 2.75) is 125 Å². The number of likely N-dealkylation sites (tertiary alicyclic amines) is 1. The van der Waals surface area contributed by atoms with Gasteiger partial charge >= 0.3 is 23.9 Å². The number of hydrazine groups is 1. The Morgan fingerprint density at radius 3 is 1.24 bits per heavy atom. The summed E-state index contributed by atoms with van der Waals surface area (Å²) in [5, 5.41) is 84.4. The molecule has 2 aliphatic rings. The molecular weight excluding hydrogens is 1740 g/mol. The molecule has 0 aliphatic carbocycles. The van der Waals surface area contributed by atoms with Crippen molar-refractivity contribution in [3.63, 3.8) is 0 Å². The van der Waals surface area contributed by atoms with Gasteiger partial charge in [0, 0.05) is 173 Å².